The van der Waals surface area contributed by atoms with E-state index in [1.54, 1.807) is 30.3 Å². The van der Waals surface area contributed by atoms with Gasteiger partial charge in [-0.05, 0) is 41.8 Å². The third kappa shape index (κ3) is 3.96. The number of para-hydroxylation sites is 1. The predicted octanol–water partition coefficient (Wildman–Crippen LogP) is 2.04. The van der Waals surface area contributed by atoms with Crippen molar-refractivity contribution in [2.75, 3.05) is 11.9 Å². The lowest BCUT2D eigenvalue weighted by atomic mass is 10.1. The summed E-state index contributed by atoms with van der Waals surface area (Å²) in [5, 5.41) is 8.91. The summed E-state index contributed by atoms with van der Waals surface area (Å²) in [5.74, 6) is -1.53. The van der Waals surface area contributed by atoms with E-state index < -0.39 is 17.9 Å². The van der Waals surface area contributed by atoms with E-state index in [1.807, 2.05) is 16.8 Å². The van der Waals surface area contributed by atoms with E-state index >= 15 is 0 Å². The van der Waals surface area contributed by atoms with Gasteiger partial charge in [-0.1, -0.05) is 12.1 Å². The first-order valence-electron chi connectivity index (χ1n) is 9.23. The van der Waals surface area contributed by atoms with Crippen LogP contribution in [0.4, 0.5) is 10.1 Å². The van der Waals surface area contributed by atoms with Gasteiger partial charge >= 0.3 is 0 Å². The molecule has 2 aromatic carbocycles. The maximum atomic E-state index is 13.4. The first kappa shape index (κ1) is 18.7. The molecule has 3 amide bonds. The van der Waals surface area contributed by atoms with Crippen LogP contribution >= 0.6 is 0 Å². The first-order valence-corrected chi connectivity index (χ1v) is 9.23. The molecule has 0 bridgehead atoms. The van der Waals surface area contributed by atoms with Gasteiger partial charge < -0.3 is 20.5 Å². The zero-order valence-corrected chi connectivity index (χ0v) is 15.4. The molecule has 4 rings (SSSR count). The van der Waals surface area contributed by atoms with Gasteiger partial charge in [-0.2, -0.15) is 0 Å². The molecule has 0 aliphatic carbocycles. The number of hydrogen-bond acceptors (Lipinski definition) is 3. The number of anilines is 1. The Balaban J connectivity index is 1.34. The topological polar surface area (TPSA) is 92.2 Å². The van der Waals surface area contributed by atoms with E-state index in [0.717, 1.165) is 10.9 Å². The van der Waals surface area contributed by atoms with E-state index in [0.29, 0.717) is 24.3 Å². The van der Waals surface area contributed by atoms with Crippen molar-refractivity contribution in [3.05, 3.63) is 66.1 Å². The number of nitrogens with one attached hydrogen (secondary N) is 3. The second kappa shape index (κ2) is 7.75. The number of rotatable bonds is 5. The summed E-state index contributed by atoms with van der Waals surface area (Å²) in [6.45, 7) is 0.759. The van der Waals surface area contributed by atoms with Crippen molar-refractivity contribution < 1.29 is 18.8 Å². The van der Waals surface area contributed by atoms with Crippen LogP contribution in [0.5, 0.6) is 0 Å². The summed E-state index contributed by atoms with van der Waals surface area (Å²) in [4.78, 5) is 36.9. The molecule has 0 saturated carbocycles. The lowest BCUT2D eigenvalue weighted by Gasteiger charge is -2.14. The van der Waals surface area contributed by atoms with Crippen molar-refractivity contribution in [3.63, 3.8) is 0 Å². The van der Waals surface area contributed by atoms with Gasteiger partial charge in [0.15, 0.2) is 0 Å². The molecule has 1 aromatic heterocycles. The minimum absolute atomic E-state index is 0.174. The zero-order valence-electron chi connectivity index (χ0n) is 15.4. The first-order chi connectivity index (χ1) is 14.0. The Kier molecular flexibility index (Phi) is 4.99. The van der Waals surface area contributed by atoms with E-state index in [4.69, 9.17) is 0 Å². The SMILES string of the molecule is O=C(CC1NC(=O)c2ccccc2NC1=O)NCCn1ccc2ccc(F)cc21. The van der Waals surface area contributed by atoms with Crippen LogP contribution < -0.4 is 16.0 Å². The minimum atomic E-state index is -0.962. The highest BCUT2D eigenvalue weighted by Gasteiger charge is 2.29. The number of carbonyl (C=O) groups excluding carboxylic acids is 3. The van der Waals surface area contributed by atoms with Crippen LogP contribution in [-0.2, 0) is 16.1 Å². The van der Waals surface area contributed by atoms with Crippen molar-refractivity contribution in [1.29, 1.82) is 0 Å². The summed E-state index contributed by atoms with van der Waals surface area (Å²) in [7, 11) is 0. The highest BCUT2D eigenvalue weighted by Crippen LogP contribution is 2.19. The van der Waals surface area contributed by atoms with Crippen molar-refractivity contribution in [2.45, 2.75) is 19.0 Å². The molecule has 1 unspecified atom stereocenters. The van der Waals surface area contributed by atoms with Gasteiger partial charge in [0.25, 0.3) is 5.91 Å². The number of fused-ring (bicyclic) bond motifs is 2. The van der Waals surface area contributed by atoms with Crippen LogP contribution in [0.2, 0.25) is 0 Å². The summed E-state index contributed by atoms with van der Waals surface area (Å²) < 4.78 is 15.3. The lowest BCUT2D eigenvalue weighted by molar-refractivity contribution is -0.125. The van der Waals surface area contributed by atoms with Crippen molar-refractivity contribution in [2.24, 2.45) is 0 Å². The zero-order chi connectivity index (χ0) is 20.4. The van der Waals surface area contributed by atoms with Crippen LogP contribution in [0.1, 0.15) is 16.8 Å². The Hall–Kier alpha value is -3.68. The minimum Gasteiger partial charge on any atom is -0.354 e. The molecule has 2 heterocycles. The maximum Gasteiger partial charge on any atom is 0.254 e. The summed E-state index contributed by atoms with van der Waals surface area (Å²) in [6, 6.07) is 12.1. The molecule has 0 saturated heterocycles. The fraction of sp³-hybridized carbons (Fsp3) is 0.190. The summed E-state index contributed by atoms with van der Waals surface area (Å²) in [5.41, 5.74) is 1.52. The molecular formula is C21H19FN4O3. The second-order valence-corrected chi connectivity index (χ2v) is 6.83. The quantitative estimate of drug-likeness (QED) is 0.618. The Labute approximate surface area is 165 Å². The molecule has 148 valence electrons. The molecule has 1 aliphatic heterocycles. The lowest BCUT2D eigenvalue weighted by Crippen LogP contribution is -2.44. The fourth-order valence-corrected chi connectivity index (χ4v) is 3.38. The van der Waals surface area contributed by atoms with Gasteiger partial charge in [-0.3, -0.25) is 14.4 Å². The third-order valence-electron chi connectivity index (χ3n) is 4.85. The molecule has 3 N–H and O–H groups in total. The Bertz CT molecular complexity index is 1110. The average molecular weight is 394 g/mol. The highest BCUT2D eigenvalue weighted by molar-refractivity contribution is 6.10. The van der Waals surface area contributed by atoms with Crippen LogP contribution in [-0.4, -0.2) is 34.9 Å². The fourth-order valence-electron chi connectivity index (χ4n) is 3.38. The third-order valence-corrected chi connectivity index (χ3v) is 4.85. The molecule has 3 aromatic rings. The van der Waals surface area contributed by atoms with E-state index in [2.05, 4.69) is 16.0 Å². The van der Waals surface area contributed by atoms with Gasteiger partial charge in [0.05, 0.1) is 23.2 Å². The summed E-state index contributed by atoms with van der Waals surface area (Å²) >= 11 is 0. The normalized spacial score (nSPS) is 16.0. The molecular weight excluding hydrogens is 375 g/mol. The van der Waals surface area contributed by atoms with Crippen LogP contribution in [0.3, 0.4) is 0 Å². The number of nitrogens with zero attached hydrogens (tertiary/aromatic N) is 1. The average Bonchev–Trinajstić information content (AvgIpc) is 3.04. The number of benzene rings is 2. The van der Waals surface area contributed by atoms with Crippen LogP contribution in [0, 0.1) is 5.82 Å². The maximum absolute atomic E-state index is 13.4. The number of aromatic nitrogens is 1. The standard InChI is InChI=1S/C21H19FN4O3/c22-14-6-5-13-7-9-26(18(13)11-14)10-8-23-19(27)12-17-21(29)24-16-4-2-1-3-15(16)20(28)25-17/h1-7,9,11,17H,8,10,12H2,(H,23,27)(H,24,29)(H,25,28). The Morgan fingerprint density at radius 3 is 2.83 bits per heavy atom. The molecule has 0 fully saturated rings. The van der Waals surface area contributed by atoms with Crippen molar-refractivity contribution >= 4 is 34.3 Å². The number of amides is 3. The van der Waals surface area contributed by atoms with Crippen LogP contribution in [0.15, 0.2) is 54.7 Å². The van der Waals surface area contributed by atoms with Crippen molar-refractivity contribution in [1.82, 2.24) is 15.2 Å². The largest absolute Gasteiger partial charge is 0.354 e. The molecule has 0 radical (unpaired) electrons. The van der Waals surface area contributed by atoms with Gasteiger partial charge in [0, 0.05) is 19.3 Å². The summed E-state index contributed by atoms with van der Waals surface area (Å²) in [6.07, 6.45) is 1.65. The Morgan fingerprint density at radius 1 is 1.14 bits per heavy atom. The monoisotopic (exact) mass is 394 g/mol. The molecule has 1 atom stereocenters. The molecule has 8 heteroatoms. The Morgan fingerprint density at radius 2 is 1.97 bits per heavy atom. The molecule has 1 aliphatic rings. The van der Waals surface area contributed by atoms with Gasteiger partial charge in [-0.15, -0.1) is 0 Å². The van der Waals surface area contributed by atoms with Crippen molar-refractivity contribution in [3.8, 4) is 0 Å². The number of hydrogen-bond donors (Lipinski definition) is 3. The van der Waals surface area contributed by atoms with E-state index in [9.17, 15) is 18.8 Å². The van der Waals surface area contributed by atoms with Gasteiger partial charge in [0.2, 0.25) is 11.8 Å². The van der Waals surface area contributed by atoms with E-state index in [-0.39, 0.29) is 18.1 Å². The number of halogens is 1. The van der Waals surface area contributed by atoms with E-state index in [1.165, 1.54) is 12.1 Å². The van der Waals surface area contributed by atoms with Crippen LogP contribution in [0.25, 0.3) is 10.9 Å². The number of carbonyl (C=O) groups is 3. The smallest absolute Gasteiger partial charge is 0.254 e. The highest BCUT2D eigenvalue weighted by atomic mass is 19.1. The molecule has 7 nitrogen and oxygen atoms in total. The molecule has 0 spiro atoms. The van der Waals surface area contributed by atoms with Gasteiger partial charge in [-0.25, -0.2) is 4.39 Å². The second-order valence-electron chi connectivity index (χ2n) is 6.83. The van der Waals surface area contributed by atoms with Gasteiger partial charge in [0.1, 0.15) is 11.9 Å². The predicted molar refractivity (Wildman–Crippen MR) is 106 cm³/mol. The molecule has 29 heavy (non-hydrogen) atoms.